The minimum Gasteiger partial charge on any atom is -0.508 e. The summed E-state index contributed by atoms with van der Waals surface area (Å²) in [6, 6.07) is 33.2. The van der Waals surface area contributed by atoms with Crippen LogP contribution < -0.4 is 48.3 Å². The van der Waals surface area contributed by atoms with Crippen molar-refractivity contribution in [3.8, 4) is 5.75 Å². The summed E-state index contributed by atoms with van der Waals surface area (Å²) in [7, 11) is 0. The summed E-state index contributed by atoms with van der Waals surface area (Å²) >= 11 is 0. The fraction of sp³-hybridized carbons (Fsp3) is 0.309. The summed E-state index contributed by atoms with van der Waals surface area (Å²) in [5, 5.41) is 63.7. The first-order valence-corrected chi connectivity index (χ1v) is 30.2. The number of carbonyl (C=O) groups excluding carboxylic acids is 7. The number of nitrogens with two attached hydrogens (primary N) is 1. The molecule has 476 valence electrons. The molecule has 23 nitrogen and oxygen atoms in total. The first kappa shape index (κ1) is 66.4. The van der Waals surface area contributed by atoms with Gasteiger partial charge >= 0.3 is 5.97 Å². The smallest absolute Gasteiger partial charge is 0.326 e. The van der Waals surface area contributed by atoms with Crippen molar-refractivity contribution in [2.24, 2.45) is 11.7 Å². The van der Waals surface area contributed by atoms with Gasteiger partial charge in [0.05, 0.1) is 6.61 Å². The molecule has 0 spiro atoms. The maximum Gasteiger partial charge on any atom is 0.326 e. The molecule has 0 bridgehead atoms. The van der Waals surface area contributed by atoms with Crippen molar-refractivity contribution in [2.75, 3.05) is 13.2 Å². The monoisotopic (exact) mass is 1240 g/mol. The second kappa shape index (κ2) is 32.1. The summed E-state index contributed by atoms with van der Waals surface area (Å²) in [6.07, 6.45) is 3.55. The molecule has 7 atom stereocenters. The van der Waals surface area contributed by atoms with Crippen LogP contribution in [0.5, 0.6) is 5.75 Å². The number of carbonyl (C=O) groups is 8. The van der Waals surface area contributed by atoms with E-state index in [1.54, 1.807) is 44.4 Å². The molecule has 7 amide bonds. The quantitative estimate of drug-likeness (QED) is 0.0160. The fourth-order valence-electron chi connectivity index (χ4n) is 10.8. The number of carboxylic acid groups (broad SMARTS) is 1. The molecule has 2 heterocycles. The normalized spacial score (nSPS) is 13.6. The highest BCUT2D eigenvalue weighted by molar-refractivity contribution is 5.99. The van der Waals surface area contributed by atoms with Gasteiger partial charge in [-0.3, -0.25) is 39.0 Å². The van der Waals surface area contributed by atoms with Gasteiger partial charge in [0.1, 0.15) is 48.0 Å². The maximum absolute atomic E-state index is 15.0. The van der Waals surface area contributed by atoms with Gasteiger partial charge in [-0.25, -0.2) is 4.79 Å². The molecule has 6 aromatic carbocycles. The number of aliphatic carboxylic acids is 1. The zero-order valence-electron chi connectivity index (χ0n) is 50.6. The van der Waals surface area contributed by atoms with Crippen molar-refractivity contribution in [3.63, 3.8) is 0 Å². The van der Waals surface area contributed by atoms with Crippen LogP contribution in [0, 0.1) is 11.3 Å². The van der Waals surface area contributed by atoms with E-state index in [0.717, 1.165) is 38.3 Å². The number of para-hydroxylation sites is 2. The number of carboxylic acids is 1. The van der Waals surface area contributed by atoms with Gasteiger partial charge in [-0.2, -0.15) is 0 Å². The Balaban J connectivity index is 1.03. The topological polar surface area (TPSA) is 375 Å². The first-order chi connectivity index (χ1) is 43.8. The van der Waals surface area contributed by atoms with Crippen LogP contribution in [0.1, 0.15) is 67.3 Å². The summed E-state index contributed by atoms with van der Waals surface area (Å²) in [5.74, 6) is -7.52. The molecule has 91 heavy (non-hydrogen) atoms. The highest BCUT2D eigenvalue weighted by Gasteiger charge is 2.35. The van der Waals surface area contributed by atoms with Crippen molar-refractivity contribution in [2.45, 2.75) is 114 Å². The number of rotatable bonds is 32. The van der Waals surface area contributed by atoms with Gasteiger partial charge in [0.2, 0.25) is 41.4 Å². The lowest BCUT2D eigenvalue weighted by molar-refractivity contribution is -0.142. The van der Waals surface area contributed by atoms with E-state index < -0.39 is 96.2 Å². The number of fused-ring (bicyclic) bond motifs is 3. The third kappa shape index (κ3) is 19.2. The number of aromatic amines is 2. The van der Waals surface area contributed by atoms with Crippen molar-refractivity contribution >= 4 is 85.9 Å². The van der Waals surface area contributed by atoms with E-state index in [1.165, 1.54) is 24.3 Å². The predicted molar refractivity (Wildman–Crippen MR) is 345 cm³/mol. The SMILES string of the molecule is CC(C)C[C@H](NC(=O)[C@@H](Cc1c[nH]c2ccccc12)NC(=O)[C@H](Cc1ccc(O)cc1)NC(=O)[C@H](CO)NC(=O)[C@H](Cc1c[nH]c2ccccc12)NC(=O)[C@H](Cc1ccccc1)NC(=O)CCc1ccc2ccccc2c1)C(=O)N[C@@H](CCCNC(=N)N)C(=O)O. The fourth-order valence-corrected chi connectivity index (χ4v) is 10.8. The Morgan fingerprint density at radius 2 is 0.956 bits per heavy atom. The minimum atomic E-state index is -1.75. The number of guanidine groups is 1. The number of hydrogen-bond donors (Lipinski definition) is 15. The Hall–Kier alpha value is -10.6. The zero-order valence-corrected chi connectivity index (χ0v) is 50.6. The van der Waals surface area contributed by atoms with Crippen molar-refractivity contribution in [3.05, 3.63) is 186 Å². The number of benzene rings is 6. The Bertz CT molecular complexity index is 3850. The van der Waals surface area contributed by atoms with Crippen molar-refractivity contribution < 1.29 is 53.7 Å². The van der Waals surface area contributed by atoms with E-state index in [-0.39, 0.29) is 75.5 Å². The Kier molecular flexibility index (Phi) is 23.4. The van der Waals surface area contributed by atoms with Gasteiger partial charge in [0.15, 0.2) is 5.96 Å². The second-order valence-corrected chi connectivity index (χ2v) is 23.0. The van der Waals surface area contributed by atoms with Gasteiger partial charge in [0, 0.05) is 72.8 Å². The molecule has 0 fully saturated rings. The molecular formula is C68H78N12O11. The number of hydrogen-bond acceptors (Lipinski definition) is 11. The highest BCUT2D eigenvalue weighted by Crippen LogP contribution is 2.23. The van der Waals surface area contributed by atoms with Crippen LogP contribution in [0.2, 0.25) is 0 Å². The number of phenolic OH excluding ortho intramolecular Hbond substituents is 1. The number of aromatic nitrogens is 2. The van der Waals surface area contributed by atoms with E-state index in [0.29, 0.717) is 28.5 Å². The van der Waals surface area contributed by atoms with Crippen LogP contribution in [0.25, 0.3) is 32.6 Å². The van der Waals surface area contributed by atoms with Crippen molar-refractivity contribution in [1.29, 1.82) is 5.41 Å². The summed E-state index contributed by atoms with van der Waals surface area (Å²) < 4.78 is 0. The predicted octanol–water partition coefficient (Wildman–Crippen LogP) is 4.19. The number of H-pyrrole nitrogens is 2. The number of nitrogens with one attached hydrogen (secondary N) is 11. The van der Waals surface area contributed by atoms with E-state index in [1.807, 2.05) is 103 Å². The molecule has 8 rings (SSSR count). The van der Waals surface area contributed by atoms with Gasteiger partial charge in [-0.15, -0.1) is 0 Å². The molecule has 0 radical (unpaired) electrons. The molecule has 0 aliphatic rings. The number of aromatic hydroxyl groups is 1. The molecular weight excluding hydrogens is 1160 g/mol. The summed E-state index contributed by atoms with van der Waals surface area (Å²) in [6.45, 7) is 2.78. The third-order valence-corrected chi connectivity index (χ3v) is 15.6. The second-order valence-electron chi connectivity index (χ2n) is 23.0. The molecule has 0 unspecified atom stereocenters. The lowest BCUT2D eigenvalue weighted by atomic mass is 9.99. The van der Waals surface area contributed by atoms with Crippen molar-refractivity contribution in [1.82, 2.24) is 52.5 Å². The van der Waals surface area contributed by atoms with E-state index in [9.17, 15) is 53.7 Å². The summed E-state index contributed by atoms with van der Waals surface area (Å²) in [5.41, 5.74) is 10.1. The van der Waals surface area contributed by atoms with E-state index in [4.69, 9.17) is 11.1 Å². The molecule has 0 aliphatic heterocycles. The zero-order chi connectivity index (χ0) is 65.0. The molecule has 0 saturated carbocycles. The molecule has 0 aliphatic carbocycles. The average Bonchev–Trinajstić information content (AvgIpc) is 2.12. The number of aryl methyl sites for hydroxylation is 1. The highest BCUT2D eigenvalue weighted by atomic mass is 16.4. The number of aliphatic hydroxyl groups excluding tert-OH is 1. The van der Waals surface area contributed by atoms with Crippen LogP contribution in [-0.4, -0.2) is 134 Å². The number of aliphatic hydroxyl groups is 1. The van der Waals surface area contributed by atoms with Crippen LogP contribution >= 0.6 is 0 Å². The van der Waals surface area contributed by atoms with E-state index >= 15 is 0 Å². The molecule has 23 heteroatoms. The van der Waals surface area contributed by atoms with Crippen LogP contribution in [0.3, 0.4) is 0 Å². The standard InChI is InChI=1S/C68H78N12O11/c1-40(2)31-54(61(84)75-53(67(90)91)21-12-30-71-68(69)70)76-64(87)57(35-46-37-72-51-19-10-8-17-49(46)51)79-63(86)56(34-43-23-27-48(82)28-24-43)77-66(89)59(39-81)80-65(88)58(36-47-38-73-52-20-11-9-18-50(47)52)78-62(85)55(33-41-13-4-3-5-14-41)74-60(83)29-25-42-22-26-44-15-6-7-16-45(44)32-42/h3-11,13-20,22-24,26-28,32,37-38,40,53-59,72-73,81-82H,12,21,25,29-31,33-36,39H2,1-2H3,(H,74,83)(H,75,84)(H,76,87)(H,77,89)(H,78,85)(H,79,86)(H,80,88)(H,90,91)(H4,69,70,71)/t53-,54-,55-,56-,57+,58-,59-/m0/s1. The molecule has 0 saturated heterocycles. The van der Waals surface area contributed by atoms with Crippen LogP contribution in [0.4, 0.5) is 0 Å². The summed E-state index contributed by atoms with van der Waals surface area (Å²) in [4.78, 5) is 120. The lowest BCUT2D eigenvalue weighted by Crippen LogP contribution is -2.61. The van der Waals surface area contributed by atoms with Gasteiger partial charge in [0.25, 0.3) is 0 Å². The maximum atomic E-state index is 15.0. The first-order valence-electron chi connectivity index (χ1n) is 30.2. The lowest BCUT2D eigenvalue weighted by Gasteiger charge is -2.28. The Morgan fingerprint density at radius 3 is 1.51 bits per heavy atom. The molecule has 2 aromatic heterocycles. The number of amides is 7. The minimum absolute atomic E-state index is 0.0365. The molecule has 16 N–H and O–H groups in total. The van der Waals surface area contributed by atoms with Gasteiger partial charge in [-0.05, 0) is 94.5 Å². The Labute approximate surface area is 525 Å². The largest absolute Gasteiger partial charge is 0.508 e. The van der Waals surface area contributed by atoms with E-state index in [2.05, 4.69) is 52.5 Å². The van der Waals surface area contributed by atoms with Gasteiger partial charge < -0.3 is 73.6 Å². The van der Waals surface area contributed by atoms with Crippen LogP contribution in [-0.2, 0) is 70.5 Å². The average molecular weight is 1240 g/mol. The van der Waals surface area contributed by atoms with Gasteiger partial charge in [-0.1, -0.05) is 135 Å². The molecule has 8 aromatic rings. The third-order valence-electron chi connectivity index (χ3n) is 15.6. The number of phenols is 1. The van der Waals surface area contributed by atoms with Crippen LogP contribution in [0.15, 0.2) is 158 Å². The Morgan fingerprint density at radius 1 is 0.505 bits per heavy atom.